The van der Waals surface area contributed by atoms with Gasteiger partial charge >= 0.3 is 0 Å². The maximum absolute atomic E-state index is 11.9. The van der Waals surface area contributed by atoms with Crippen LogP contribution in [0, 0.1) is 0 Å². The topological polar surface area (TPSA) is 94.1 Å². The molecular formula is C18H18N4O3. The van der Waals surface area contributed by atoms with Gasteiger partial charge in [0.05, 0.1) is 12.2 Å². The first-order valence-corrected chi connectivity index (χ1v) is 7.91. The number of benzene rings is 1. The molecule has 0 fully saturated rings. The number of hydrogen-bond acceptors (Lipinski definition) is 6. The van der Waals surface area contributed by atoms with Crippen molar-refractivity contribution >= 4 is 12.0 Å². The number of rotatable bonds is 6. The summed E-state index contributed by atoms with van der Waals surface area (Å²) in [4.78, 5) is 16.2. The zero-order valence-corrected chi connectivity index (χ0v) is 14.0. The quantitative estimate of drug-likeness (QED) is 0.694. The van der Waals surface area contributed by atoms with Crippen LogP contribution in [0.25, 0.3) is 17.5 Å². The average molecular weight is 338 g/mol. The molecule has 7 nitrogen and oxygen atoms in total. The van der Waals surface area contributed by atoms with Gasteiger partial charge in [0.25, 0.3) is 0 Å². The van der Waals surface area contributed by atoms with Crippen molar-refractivity contribution in [3.05, 3.63) is 60.1 Å². The molecule has 0 spiro atoms. The predicted octanol–water partition coefficient (Wildman–Crippen LogP) is 3.18. The Morgan fingerprint density at radius 2 is 2.04 bits per heavy atom. The van der Waals surface area contributed by atoms with E-state index in [-0.39, 0.29) is 18.4 Å². The minimum atomic E-state index is -0.284. The lowest BCUT2D eigenvalue weighted by atomic mass is 10.2. The Balaban J connectivity index is 1.54. The van der Waals surface area contributed by atoms with Crippen molar-refractivity contribution in [1.82, 2.24) is 20.5 Å². The zero-order valence-electron chi connectivity index (χ0n) is 14.0. The highest BCUT2D eigenvalue weighted by Crippen LogP contribution is 2.17. The number of oxazole rings is 1. The van der Waals surface area contributed by atoms with Gasteiger partial charge in [-0.05, 0) is 12.1 Å². The first-order valence-electron chi connectivity index (χ1n) is 7.91. The van der Waals surface area contributed by atoms with E-state index in [4.69, 9.17) is 8.83 Å². The molecule has 0 unspecified atom stereocenters. The van der Waals surface area contributed by atoms with Gasteiger partial charge < -0.3 is 14.2 Å². The summed E-state index contributed by atoms with van der Waals surface area (Å²) in [7, 11) is 0. The molecule has 0 saturated carbocycles. The van der Waals surface area contributed by atoms with Crippen LogP contribution in [0.3, 0.4) is 0 Å². The SMILES string of the molecule is CC(C)c1nnc(C=CC(=O)NCc2coc(-c3ccccc3)n2)o1. The molecule has 3 aromatic rings. The van der Waals surface area contributed by atoms with Crippen LogP contribution in [0.4, 0.5) is 0 Å². The fraction of sp³-hybridized carbons (Fsp3) is 0.222. The Morgan fingerprint density at radius 3 is 2.76 bits per heavy atom. The molecule has 7 heteroatoms. The second-order valence-electron chi connectivity index (χ2n) is 5.69. The number of nitrogens with one attached hydrogen (secondary N) is 1. The van der Waals surface area contributed by atoms with Crippen LogP contribution in [0.1, 0.15) is 37.2 Å². The van der Waals surface area contributed by atoms with Gasteiger partial charge in [0.1, 0.15) is 6.26 Å². The highest BCUT2D eigenvalue weighted by Gasteiger charge is 2.09. The molecule has 1 aromatic carbocycles. The van der Waals surface area contributed by atoms with Crippen molar-refractivity contribution in [1.29, 1.82) is 0 Å². The van der Waals surface area contributed by atoms with Gasteiger partial charge in [-0.15, -0.1) is 10.2 Å². The molecule has 1 amide bonds. The Bertz CT molecular complexity index is 865. The minimum absolute atomic E-state index is 0.148. The Morgan fingerprint density at radius 1 is 1.24 bits per heavy atom. The smallest absolute Gasteiger partial charge is 0.244 e. The Labute approximate surface area is 144 Å². The molecule has 3 rings (SSSR count). The monoisotopic (exact) mass is 338 g/mol. The van der Waals surface area contributed by atoms with Crippen molar-refractivity contribution in [3.63, 3.8) is 0 Å². The molecule has 25 heavy (non-hydrogen) atoms. The predicted molar refractivity (Wildman–Crippen MR) is 91.2 cm³/mol. The van der Waals surface area contributed by atoms with Crippen LogP contribution in [0.5, 0.6) is 0 Å². The standard InChI is InChI=1S/C18H18N4O3/c1-12(2)17-22-21-16(25-17)9-8-15(23)19-10-14-11-24-18(20-14)13-6-4-3-5-7-13/h3-9,11-12H,10H2,1-2H3,(H,19,23). The first-order chi connectivity index (χ1) is 12.1. The van der Waals surface area contributed by atoms with Gasteiger partial charge in [-0.2, -0.15) is 0 Å². The molecule has 1 N–H and O–H groups in total. The highest BCUT2D eigenvalue weighted by atomic mass is 16.4. The van der Waals surface area contributed by atoms with Crippen LogP contribution in [0.2, 0.25) is 0 Å². The Hall–Kier alpha value is -3.22. The lowest BCUT2D eigenvalue weighted by Gasteiger charge is -1.97. The summed E-state index contributed by atoms with van der Waals surface area (Å²) in [6, 6.07) is 9.56. The summed E-state index contributed by atoms with van der Waals surface area (Å²) in [6.07, 6.45) is 4.35. The van der Waals surface area contributed by atoms with E-state index in [9.17, 15) is 4.79 Å². The third kappa shape index (κ3) is 4.41. The summed E-state index contributed by atoms with van der Waals surface area (Å²) in [5.41, 5.74) is 1.53. The molecule has 0 saturated heterocycles. The summed E-state index contributed by atoms with van der Waals surface area (Å²) < 4.78 is 10.8. The fourth-order valence-electron chi connectivity index (χ4n) is 2.03. The van der Waals surface area contributed by atoms with Crippen molar-refractivity contribution in [2.75, 3.05) is 0 Å². The van der Waals surface area contributed by atoms with Crippen LogP contribution >= 0.6 is 0 Å². The van der Waals surface area contributed by atoms with E-state index >= 15 is 0 Å². The molecule has 0 aliphatic rings. The van der Waals surface area contributed by atoms with Gasteiger partial charge in [-0.25, -0.2) is 4.98 Å². The van der Waals surface area contributed by atoms with Crippen LogP contribution in [-0.4, -0.2) is 21.1 Å². The van der Waals surface area contributed by atoms with Gasteiger partial charge in [-0.1, -0.05) is 32.0 Å². The molecule has 0 atom stereocenters. The molecule has 2 aromatic heterocycles. The van der Waals surface area contributed by atoms with E-state index in [2.05, 4.69) is 20.5 Å². The van der Waals surface area contributed by atoms with Crippen molar-refractivity contribution < 1.29 is 13.6 Å². The molecule has 2 heterocycles. The molecular weight excluding hydrogens is 320 g/mol. The molecule has 0 bridgehead atoms. The number of carbonyl (C=O) groups is 1. The molecule has 128 valence electrons. The third-order valence-electron chi connectivity index (χ3n) is 3.34. The maximum atomic E-state index is 11.9. The summed E-state index contributed by atoms with van der Waals surface area (Å²) in [5.74, 6) is 1.22. The number of nitrogens with zero attached hydrogens (tertiary/aromatic N) is 3. The zero-order chi connectivity index (χ0) is 17.6. The number of carbonyl (C=O) groups excluding carboxylic acids is 1. The number of aromatic nitrogens is 3. The number of hydrogen-bond donors (Lipinski definition) is 1. The van der Waals surface area contributed by atoms with E-state index in [1.165, 1.54) is 18.4 Å². The fourth-order valence-corrected chi connectivity index (χ4v) is 2.03. The molecule has 0 aliphatic heterocycles. The summed E-state index contributed by atoms with van der Waals surface area (Å²) in [6.45, 7) is 4.17. The lowest BCUT2D eigenvalue weighted by molar-refractivity contribution is -0.116. The highest BCUT2D eigenvalue weighted by molar-refractivity contribution is 5.91. The van der Waals surface area contributed by atoms with Crippen molar-refractivity contribution in [2.45, 2.75) is 26.3 Å². The van der Waals surface area contributed by atoms with Gasteiger partial charge in [0.2, 0.25) is 23.6 Å². The lowest BCUT2D eigenvalue weighted by Crippen LogP contribution is -2.20. The normalized spacial score (nSPS) is 11.3. The largest absolute Gasteiger partial charge is 0.444 e. The minimum Gasteiger partial charge on any atom is -0.444 e. The second-order valence-corrected chi connectivity index (χ2v) is 5.69. The van der Waals surface area contributed by atoms with E-state index < -0.39 is 0 Å². The van der Waals surface area contributed by atoms with Crippen LogP contribution in [0.15, 0.2) is 51.5 Å². The van der Waals surface area contributed by atoms with Crippen LogP contribution in [-0.2, 0) is 11.3 Å². The van der Waals surface area contributed by atoms with Gasteiger partial charge in [-0.3, -0.25) is 4.79 Å². The third-order valence-corrected chi connectivity index (χ3v) is 3.34. The molecule has 0 aliphatic carbocycles. The van der Waals surface area contributed by atoms with Crippen molar-refractivity contribution in [2.24, 2.45) is 0 Å². The van der Waals surface area contributed by atoms with E-state index in [1.54, 1.807) is 0 Å². The Kier molecular flexibility index (Phi) is 5.03. The van der Waals surface area contributed by atoms with Crippen LogP contribution < -0.4 is 5.32 Å². The van der Waals surface area contributed by atoms with E-state index in [1.807, 2.05) is 44.2 Å². The molecule has 0 radical (unpaired) electrons. The van der Waals surface area contributed by atoms with E-state index in [0.29, 0.717) is 23.4 Å². The summed E-state index contributed by atoms with van der Waals surface area (Å²) >= 11 is 0. The average Bonchev–Trinajstić information content (AvgIpc) is 3.28. The van der Waals surface area contributed by atoms with E-state index in [0.717, 1.165) is 5.56 Å². The van der Waals surface area contributed by atoms with Crippen molar-refractivity contribution in [3.8, 4) is 11.5 Å². The number of amides is 1. The first kappa shape index (κ1) is 16.6. The summed E-state index contributed by atoms with van der Waals surface area (Å²) in [5, 5.41) is 10.5. The maximum Gasteiger partial charge on any atom is 0.244 e. The second kappa shape index (κ2) is 7.57. The van der Waals surface area contributed by atoms with Gasteiger partial charge in [0.15, 0.2) is 0 Å². The van der Waals surface area contributed by atoms with Gasteiger partial charge in [0, 0.05) is 23.6 Å².